The van der Waals surface area contributed by atoms with Crippen molar-refractivity contribution in [2.24, 2.45) is 5.10 Å². The van der Waals surface area contributed by atoms with Crippen LogP contribution in [0.2, 0.25) is 5.02 Å². The molecule has 0 spiro atoms. The van der Waals surface area contributed by atoms with E-state index in [0.717, 1.165) is 11.4 Å². The molecule has 0 atom stereocenters. The number of aromatic nitrogens is 3. The third kappa shape index (κ3) is 6.12. The lowest BCUT2D eigenvalue weighted by Crippen LogP contribution is -2.07. The average molecular weight is 526 g/mol. The number of carbonyl (C=O) groups is 1. The summed E-state index contributed by atoms with van der Waals surface area (Å²) in [6.07, 6.45) is 1.45. The van der Waals surface area contributed by atoms with Gasteiger partial charge in [0.05, 0.1) is 16.8 Å². The molecule has 0 aliphatic rings. The van der Waals surface area contributed by atoms with Gasteiger partial charge in [-0.1, -0.05) is 48.0 Å². The number of hydrogen-bond donors (Lipinski definition) is 4. The molecule has 5 aromatic rings. The minimum absolute atomic E-state index is 0.00730. The zero-order chi connectivity index (χ0) is 26.3. The minimum Gasteiger partial charge on any atom is -0.478 e. The summed E-state index contributed by atoms with van der Waals surface area (Å²) in [6.45, 7) is 0. The molecule has 5 rings (SSSR count). The molecule has 0 bridgehead atoms. The maximum absolute atomic E-state index is 11.4. The fourth-order valence-corrected chi connectivity index (χ4v) is 3.61. The Bertz CT molecular complexity index is 1530. The van der Waals surface area contributed by atoms with Gasteiger partial charge < -0.3 is 20.2 Å². The lowest BCUT2D eigenvalue weighted by molar-refractivity contribution is 0.0697. The van der Waals surface area contributed by atoms with Gasteiger partial charge >= 0.3 is 5.97 Å². The zero-order valence-electron chi connectivity index (χ0n) is 19.7. The molecule has 0 amide bonds. The van der Waals surface area contributed by atoms with Gasteiger partial charge in [0, 0.05) is 16.9 Å². The Balaban J connectivity index is 1.34. The number of para-hydroxylation sites is 2. The summed E-state index contributed by atoms with van der Waals surface area (Å²) in [5, 5.41) is 19.9. The number of carboxylic acids is 1. The van der Waals surface area contributed by atoms with Crippen LogP contribution in [0.15, 0.2) is 101 Å². The van der Waals surface area contributed by atoms with Gasteiger partial charge in [-0.15, -0.1) is 0 Å². The van der Waals surface area contributed by atoms with E-state index in [1.807, 2.05) is 60.7 Å². The van der Waals surface area contributed by atoms with E-state index >= 15 is 0 Å². The highest BCUT2D eigenvalue weighted by Gasteiger charge is 2.12. The fourth-order valence-electron chi connectivity index (χ4n) is 3.41. The summed E-state index contributed by atoms with van der Waals surface area (Å²) in [5.41, 5.74) is 4.99. The molecule has 2 heterocycles. The molecule has 11 heteroatoms. The second-order valence-electron chi connectivity index (χ2n) is 7.86. The lowest BCUT2D eigenvalue weighted by atomic mass is 10.1. The fraction of sp³-hybridized carbons (Fsp3) is 0. The highest BCUT2D eigenvalue weighted by molar-refractivity contribution is 6.33. The molecule has 0 saturated heterocycles. The number of hydrazone groups is 1. The maximum atomic E-state index is 11.4. The number of anilines is 5. The highest BCUT2D eigenvalue weighted by Crippen LogP contribution is 2.27. The molecule has 10 nitrogen and oxygen atoms in total. The molecule has 3 aromatic carbocycles. The Labute approximate surface area is 222 Å². The number of halogens is 1. The van der Waals surface area contributed by atoms with Crippen molar-refractivity contribution in [2.45, 2.75) is 0 Å². The molecule has 4 N–H and O–H groups in total. The molecule has 0 radical (unpaired) electrons. The van der Waals surface area contributed by atoms with E-state index in [-0.39, 0.29) is 16.5 Å². The van der Waals surface area contributed by atoms with Crippen LogP contribution in [0, 0.1) is 0 Å². The Morgan fingerprint density at radius 3 is 2.03 bits per heavy atom. The highest BCUT2D eigenvalue weighted by atomic mass is 35.5. The molecule has 0 unspecified atom stereocenters. The molecule has 188 valence electrons. The van der Waals surface area contributed by atoms with Crippen molar-refractivity contribution in [3.63, 3.8) is 0 Å². The summed E-state index contributed by atoms with van der Waals surface area (Å²) in [6, 6.07) is 27.1. The molecule has 0 aliphatic carbocycles. The molecular formula is C27H20ClN7O3. The van der Waals surface area contributed by atoms with Crippen LogP contribution < -0.4 is 16.1 Å². The number of carboxylic acid groups (broad SMARTS) is 1. The van der Waals surface area contributed by atoms with E-state index in [9.17, 15) is 9.90 Å². The first-order chi connectivity index (χ1) is 18.5. The Morgan fingerprint density at radius 2 is 1.42 bits per heavy atom. The number of rotatable bonds is 9. The van der Waals surface area contributed by atoms with Gasteiger partial charge in [0.25, 0.3) is 0 Å². The Morgan fingerprint density at radius 1 is 0.816 bits per heavy atom. The monoisotopic (exact) mass is 525 g/mol. The van der Waals surface area contributed by atoms with Crippen LogP contribution in [0.3, 0.4) is 0 Å². The SMILES string of the molecule is O=C(O)c1cc(-c2ccc(/C=N/Nc3nc(Nc4ccccc4)nc(Nc4ccccc4)n3)o2)ccc1Cl. The van der Waals surface area contributed by atoms with Crippen molar-refractivity contribution in [1.29, 1.82) is 0 Å². The predicted molar refractivity (Wildman–Crippen MR) is 147 cm³/mol. The van der Waals surface area contributed by atoms with Crippen molar-refractivity contribution in [2.75, 3.05) is 16.1 Å². The first-order valence-corrected chi connectivity index (χ1v) is 11.7. The average Bonchev–Trinajstić information content (AvgIpc) is 3.39. The zero-order valence-corrected chi connectivity index (χ0v) is 20.4. The molecule has 0 saturated carbocycles. The van der Waals surface area contributed by atoms with Crippen LogP contribution in [0.5, 0.6) is 0 Å². The predicted octanol–water partition coefficient (Wildman–Crippen LogP) is 6.42. The smallest absolute Gasteiger partial charge is 0.337 e. The van der Waals surface area contributed by atoms with Crippen molar-refractivity contribution >= 4 is 53.0 Å². The van der Waals surface area contributed by atoms with Crippen molar-refractivity contribution in [3.05, 3.63) is 107 Å². The second-order valence-corrected chi connectivity index (χ2v) is 8.27. The number of nitrogens with one attached hydrogen (secondary N) is 3. The van der Waals surface area contributed by atoms with E-state index < -0.39 is 5.97 Å². The third-order valence-electron chi connectivity index (χ3n) is 5.16. The Hall–Kier alpha value is -5.22. The quantitative estimate of drug-likeness (QED) is 0.127. The van der Waals surface area contributed by atoms with Gasteiger partial charge in [-0.2, -0.15) is 20.1 Å². The molecular weight excluding hydrogens is 506 g/mol. The minimum atomic E-state index is -1.12. The first-order valence-electron chi connectivity index (χ1n) is 11.4. The van der Waals surface area contributed by atoms with E-state index in [1.54, 1.807) is 18.2 Å². The van der Waals surface area contributed by atoms with E-state index in [4.69, 9.17) is 16.0 Å². The lowest BCUT2D eigenvalue weighted by Gasteiger charge is -2.10. The second kappa shape index (κ2) is 11.2. The third-order valence-corrected chi connectivity index (χ3v) is 5.49. The van der Waals surface area contributed by atoms with Crippen LogP contribution in [-0.4, -0.2) is 32.2 Å². The van der Waals surface area contributed by atoms with E-state index in [1.165, 1.54) is 18.3 Å². The molecule has 0 fully saturated rings. The van der Waals surface area contributed by atoms with Gasteiger partial charge in [0.2, 0.25) is 17.8 Å². The van der Waals surface area contributed by atoms with Crippen LogP contribution in [0.4, 0.5) is 29.2 Å². The first kappa shape index (κ1) is 24.5. The largest absolute Gasteiger partial charge is 0.478 e. The molecule has 2 aromatic heterocycles. The summed E-state index contributed by atoms with van der Waals surface area (Å²) in [5.74, 6) is 0.616. The van der Waals surface area contributed by atoms with Gasteiger partial charge in [-0.05, 0) is 54.6 Å². The van der Waals surface area contributed by atoms with Gasteiger partial charge in [-0.25, -0.2) is 10.2 Å². The Kier molecular flexibility index (Phi) is 7.23. The molecule has 0 aliphatic heterocycles. The summed E-state index contributed by atoms with van der Waals surface area (Å²) in [7, 11) is 0. The van der Waals surface area contributed by atoms with Crippen LogP contribution in [0.1, 0.15) is 16.1 Å². The van der Waals surface area contributed by atoms with Crippen LogP contribution in [0.25, 0.3) is 11.3 Å². The van der Waals surface area contributed by atoms with Crippen molar-refractivity contribution in [1.82, 2.24) is 15.0 Å². The molecule has 38 heavy (non-hydrogen) atoms. The van der Waals surface area contributed by atoms with Crippen LogP contribution in [-0.2, 0) is 0 Å². The summed E-state index contributed by atoms with van der Waals surface area (Å²) < 4.78 is 5.78. The summed E-state index contributed by atoms with van der Waals surface area (Å²) in [4.78, 5) is 24.6. The summed E-state index contributed by atoms with van der Waals surface area (Å²) >= 11 is 5.96. The van der Waals surface area contributed by atoms with Gasteiger partial charge in [0.1, 0.15) is 11.5 Å². The maximum Gasteiger partial charge on any atom is 0.337 e. The number of furan rings is 1. The number of nitrogens with zero attached hydrogens (tertiary/aromatic N) is 4. The number of hydrogen-bond acceptors (Lipinski definition) is 9. The van der Waals surface area contributed by atoms with Crippen molar-refractivity contribution in [3.8, 4) is 11.3 Å². The standard InChI is InChI=1S/C27H20ClN7O3/c28-22-13-11-17(15-21(22)24(36)37)23-14-12-20(38-23)16-29-35-27-33-25(30-18-7-3-1-4-8-18)32-26(34-27)31-19-9-5-2-6-10-19/h1-16H,(H,36,37)(H3,30,31,32,33,34,35)/b29-16+. The number of aromatic carboxylic acids is 1. The number of benzene rings is 3. The van der Waals surface area contributed by atoms with E-state index in [0.29, 0.717) is 29.0 Å². The van der Waals surface area contributed by atoms with Crippen LogP contribution >= 0.6 is 11.6 Å². The van der Waals surface area contributed by atoms with Gasteiger partial charge in [-0.3, -0.25) is 0 Å². The topological polar surface area (TPSA) is 138 Å². The van der Waals surface area contributed by atoms with Crippen molar-refractivity contribution < 1.29 is 14.3 Å². The normalized spacial score (nSPS) is 10.9. The van der Waals surface area contributed by atoms with Gasteiger partial charge in [0.15, 0.2) is 0 Å². The van der Waals surface area contributed by atoms with E-state index in [2.05, 4.69) is 36.1 Å².